The first kappa shape index (κ1) is 23.1. The Bertz CT molecular complexity index is 773. The van der Waals surface area contributed by atoms with Gasteiger partial charge < -0.3 is 20.8 Å². The zero-order valence-corrected chi connectivity index (χ0v) is 17.9. The Balaban J connectivity index is 0.00000140. The summed E-state index contributed by atoms with van der Waals surface area (Å²) < 4.78 is 0. The van der Waals surface area contributed by atoms with Gasteiger partial charge in [0.25, 0.3) is 0 Å². The number of benzene rings is 2. The molecule has 0 bridgehead atoms. The smallest absolute Gasteiger partial charge is 0.127 e. The number of hydrogen-bond acceptors (Lipinski definition) is 4. The van der Waals surface area contributed by atoms with E-state index in [-0.39, 0.29) is 24.8 Å². The van der Waals surface area contributed by atoms with Crippen molar-refractivity contribution >= 4 is 35.6 Å². The van der Waals surface area contributed by atoms with Crippen molar-refractivity contribution in [2.45, 2.75) is 76.5 Å². The molecule has 0 amide bonds. The van der Waals surface area contributed by atoms with Crippen LogP contribution in [0.2, 0.25) is 0 Å². The normalized spacial score (nSPS) is 17.6. The highest BCUT2D eigenvalue weighted by Crippen LogP contribution is 2.35. The predicted octanol–water partition coefficient (Wildman–Crippen LogP) is 5.16. The van der Waals surface area contributed by atoms with E-state index in [9.17, 15) is 10.2 Å². The average molecular weight is 427 g/mol. The zero-order chi connectivity index (χ0) is 17.9. The van der Waals surface area contributed by atoms with Crippen LogP contribution in [-0.4, -0.2) is 22.3 Å². The highest BCUT2D eigenvalue weighted by Gasteiger charge is 2.18. The van der Waals surface area contributed by atoms with E-state index in [1.165, 1.54) is 51.4 Å². The van der Waals surface area contributed by atoms with Crippen molar-refractivity contribution in [2.24, 2.45) is 0 Å². The predicted molar refractivity (Wildman–Crippen MR) is 120 cm³/mol. The van der Waals surface area contributed by atoms with Crippen molar-refractivity contribution in [1.82, 2.24) is 10.6 Å². The van der Waals surface area contributed by atoms with E-state index < -0.39 is 0 Å². The summed E-state index contributed by atoms with van der Waals surface area (Å²) in [7, 11) is 0. The van der Waals surface area contributed by atoms with Crippen LogP contribution in [0.5, 0.6) is 11.5 Å². The number of hydrogen-bond donors (Lipinski definition) is 4. The Morgan fingerprint density at radius 2 is 1.25 bits per heavy atom. The Labute approximate surface area is 179 Å². The van der Waals surface area contributed by atoms with Crippen LogP contribution in [0.15, 0.2) is 24.3 Å². The van der Waals surface area contributed by atoms with Crippen LogP contribution in [0, 0.1) is 0 Å². The second-order valence-electron chi connectivity index (χ2n) is 7.96. The molecule has 0 atom stereocenters. The maximum Gasteiger partial charge on any atom is 0.127 e. The molecule has 2 aliphatic rings. The van der Waals surface area contributed by atoms with Gasteiger partial charge in [-0.3, -0.25) is 0 Å². The molecule has 0 spiro atoms. The highest BCUT2D eigenvalue weighted by atomic mass is 35.5. The van der Waals surface area contributed by atoms with E-state index in [1.807, 2.05) is 18.2 Å². The third kappa shape index (κ3) is 5.04. The summed E-state index contributed by atoms with van der Waals surface area (Å²) >= 11 is 0. The van der Waals surface area contributed by atoms with Crippen LogP contribution in [0.25, 0.3) is 10.8 Å². The summed E-state index contributed by atoms with van der Waals surface area (Å²) in [4.78, 5) is 0. The van der Waals surface area contributed by atoms with Gasteiger partial charge in [0.05, 0.1) is 0 Å². The lowest BCUT2D eigenvalue weighted by molar-refractivity contribution is 0.456. The van der Waals surface area contributed by atoms with Crippen LogP contribution in [0.3, 0.4) is 0 Å². The topological polar surface area (TPSA) is 64.5 Å². The lowest BCUT2D eigenvalue weighted by atomic mass is 9.99. The summed E-state index contributed by atoms with van der Waals surface area (Å²) in [6.07, 6.45) is 10.1. The monoisotopic (exact) mass is 426 g/mol. The number of phenolic OH excluding ortho intramolecular Hbond substituents is 2. The summed E-state index contributed by atoms with van der Waals surface area (Å²) in [5.74, 6) is 0.648. The van der Waals surface area contributed by atoms with Gasteiger partial charge in [-0.25, -0.2) is 0 Å². The molecule has 0 saturated heterocycles. The number of aromatic hydroxyl groups is 2. The third-order valence-corrected chi connectivity index (χ3v) is 6.20. The third-order valence-electron chi connectivity index (χ3n) is 6.20. The molecule has 2 aromatic carbocycles. The van der Waals surface area contributed by atoms with Gasteiger partial charge in [0.1, 0.15) is 11.5 Å². The first-order chi connectivity index (χ1) is 12.7. The standard InChI is InChI=1S/C22H30N2O2.2ClH/c25-21-12-11-19-18(20(21)14-24-17-7-3-4-8-17)10-9-15(22(19)26)13-23-16-5-1-2-6-16;;/h9-12,16-17,23-26H,1-8,13-14H2;2*1H. The molecule has 0 aromatic heterocycles. The lowest BCUT2D eigenvalue weighted by Crippen LogP contribution is -2.25. The molecule has 2 fully saturated rings. The van der Waals surface area contributed by atoms with Crippen molar-refractivity contribution in [1.29, 1.82) is 0 Å². The second kappa shape index (κ2) is 10.5. The molecule has 6 heteroatoms. The van der Waals surface area contributed by atoms with Crippen LogP contribution < -0.4 is 10.6 Å². The van der Waals surface area contributed by atoms with E-state index in [2.05, 4.69) is 10.6 Å². The average Bonchev–Trinajstić information content (AvgIpc) is 3.34. The van der Waals surface area contributed by atoms with Gasteiger partial charge in [-0.15, -0.1) is 24.8 Å². The summed E-state index contributed by atoms with van der Waals surface area (Å²) in [5, 5.41) is 30.0. The molecule has 4 rings (SSSR count). The number of rotatable bonds is 6. The number of nitrogens with one attached hydrogen (secondary N) is 2. The van der Waals surface area contributed by atoms with Crippen molar-refractivity contribution in [3.8, 4) is 11.5 Å². The van der Waals surface area contributed by atoms with Crippen LogP contribution in [-0.2, 0) is 13.1 Å². The number of halogens is 2. The van der Waals surface area contributed by atoms with E-state index >= 15 is 0 Å². The summed E-state index contributed by atoms with van der Waals surface area (Å²) in [5.41, 5.74) is 1.82. The van der Waals surface area contributed by atoms with Crippen LogP contribution >= 0.6 is 24.8 Å². The van der Waals surface area contributed by atoms with E-state index in [1.54, 1.807) is 6.07 Å². The minimum atomic E-state index is 0. The van der Waals surface area contributed by atoms with Crippen molar-refractivity contribution in [3.05, 3.63) is 35.4 Å². The van der Waals surface area contributed by atoms with Crippen molar-refractivity contribution < 1.29 is 10.2 Å². The Hall–Kier alpha value is -1.20. The maximum absolute atomic E-state index is 10.8. The van der Waals surface area contributed by atoms with Gasteiger partial charge in [0.15, 0.2) is 0 Å². The van der Waals surface area contributed by atoms with Crippen LogP contribution in [0.1, 0.15) is 62.5 Å². The van der Waals surface area contributed by atoms with Gasteiger partial charge in [-0.1, -0.05) is 37.8 Å². The van der Waals surface area contributed by atoms with Gasteiger partial charge in [-0.05, 0) is 43.2 Å². The van der Waals surface area contributed by atoms with Crippen molar-refractivity contribution in [2.75, 3.05) is 0 Å². The maximum atomic E-state index is 10.8. The molecule has 0 aliphatic heterocycles. The van der Waals surface area contributed by atoms with Gasteiger partial charge in [0.2, 0.25) is 0 Å². The second-order valence-corrected chi connectivity index (χ2v) is 7.96. The highest BCUT2D eigenvalue weighted by molar-refractivity contribution is 5.93. The first-order valence-electron chi connectivity index (χ1n) is 10.1. The Morgan fingerprint density at radius 3 is 1.86 bits per heavy atom. The number of phenols is 2. The molecule has 28 heavy (non-hydrogen) atoms. The summed E-state index contributed by atoms with van der Waals surface area (Å²) in [6, 6.07) is 8.72. The molecule has 2 saturated carbocycles. The quantitative estimate of drug-likeness (QED) is 0.514. The molecular weight excluding hydrogens is 395 g/mol. The molecular formula is C22H32Cl2N2O2. The fourth-order valence-corrected chi connectivity index (χ4v) is 4.57. The van der Waals surface area contributed by atoms with Crippen LogP contribution in [0.4, 0.5) is 0 Å². The SMILES string of the molecule is Cl.Cl.Oc1ccc2c(O)c(CNC3CCCC3)ccc2c1CNC1CCCC1. The number of fused-ring (bicyclic) bond motifs is 1. The van der Waals surface area contributed by atoms with Gasteiger partial charge in [-0.2, -0.15) is 0 Å². The fraction of sp³-hybridized carbons (Fsp3) is 0.545. The first-order valence-corrected chi connectivity index (χ1v) is 10.1. The zero-order valence-electron chi connectivity index (χ0n) is 16.2. The minimum absolute atomic E-state index is 0. The molecule has 156 valence electrons. The van der Waals surface area contributed by atoms with E-state index in [4.69, 9.17) is 0 Å². The van der Waals surface area contributed by atoms with E-state index in [0.29, 0.717) is 36.7 Å². The fourth-order valence-electron chi connectivity index (χ4n) is 4.57. The summed E-state index contributed by atoms with van der Waals surface area (Å²) in [6.45, 7) is 1.34. The minimum Gasteiger partial charge on any atom is -0.508 e. The molecule has 4 nitrogen and oxygen atoms in total. The Morgan fingerprint density at radius 1 is 0.714 bits per heavy atom. The lowest BCUT2D eigenvalue weighted by Gasteiger charge is -2.17. The molecule has 2 aromatic rings. The molecule has 0 unspecified atom stereocenters. The molecule has 0 heterocycles. The largest absolute Gasteiger partial charge is 0.508 e. The van der Waals surface area contributed by atoms with Crippen molar-refractivity contribution in [3.63, 3.8) is 0 Å². The molecule has 4 N–H and O–H groups in total. The van der Waals surface area contributed by atoms with Gasteiger partial charge in [0, 0.05) is 41.7 Å². The molecule has 2 aliphatic carbocycles. The van der Waals surface area contributed by atoms with Gasteiger partial charge >= 0.3 is 0 Å². The Kier molecular flexibility index (Phi) is 8.69. The molecule has 0 radical (unpaired) electrons. The van der Waals surface area contributed by atoms with E-state index in [0.717, 1.165) is 21.9 Å².